The largest absolute Gasteiger partial charge is 0.329 e. The van der Waals surface area contributed by atoms with Gasteiger partial charge in [0, 0.05) is 12.1 Å². The molecule has 0 aromatic carbocycles. The van der Waals surface area contributed by atoms with Crippen LogP contribution in [0.4, 0.5) is 0 Å². The zero-order chi connectivity index (χ0) is 11.6. The van der Waals surface area contributed by atoms with E-state index in [9.17, 15) is 0 Å². The smallest absolute Gasteiger partial charge is 0.0357 e. The number of rotatable bonds is 5. The van der Waals surface area contributed by atoms with E-state index < -0.39 is 0 Å². The van der Waals surface area contributed by atoms with Crippen molar-refractivity contribution in [1.29, 1.82) is 0 Å². The number of nitrogens with two attached hydrogens (primary N) is 1. The van der Waals surface area contributed by atoms with Crippen LogP contribution in [-0.2, 0) is 0 Å². The molecule has 1 atom stereocenters. The van der Waals surface area contributed by atoms with Crippen molar-refractivity contribution in [3.05, 3.63) is 0 Å². The molecule has 1 aliphatic carbocycles. The summed E-state index contributed by atoms with van der Waals surface area (Å²) in [5, 5.41) is 0. The molecule has 2 fully saturated rings. The maximum absolute atomic E-state index is 6.12. The van der Waals surface area contributed by atoms with Crippen molar-refractivity contribution < 1.29 is 0 Å². The molecule has 1 heterocycles. The number of likely N-dealkylation sites (tertiary alicyclic amines) is 1. The van der Waals surface area contributed by atoms with Crippen molar-refractivity contribution in [2.75, 3.05) is 19.6 Å². The topological polar surface area (TPSA) is 29.3 Å². The molecule has 2 heteroatoms. The van der Waals surface area contributed by atoms with Gasteiger partial charge < -0.3 is 5.73 Å². The van der Waals surface area contributed by atoms with Gasteiger partial charge in [0.1, 0.15) is 0 Å². The molecule has 0 spiro atoms. The molecule has 0 amide bonds. The molecule has 1 aliphatic heterocycles. The highest BCUT2D eigenvalue weighted by molar-refractivity contribution is 5.03. The fraction of sp³-hybridized carbons (Fsp3) is 1.00. The Balaban J connectivity index is 1.99. The maximum Gasteiger partial charge on any atom is 0.0357 e. The van der Waals surface area contributed by atoms with Gasteiger partial charge in [-0.25, -0.2) is 0 Å². The summed E-state index contributed by atoms with van der Waals surface area (Å²) in [5.74, 6) is 1.88. The monoisotopic (exact) mass is 224 g/mol. The Morgan fingerprint density at radius 3 is 2.12 bits per heavy atom. The average Bonchev–Trinajstić information content (AvgIpc) is 3.17. The lowest BCUT2D eigenvalue weighted by Crippen LogP contribution is -2.57. The number of hydrogen-bond acceptors (Lipinski definition) is 2. The van der Waals surface area contributed by atoms with Crippen LogP contribution in [0.5, 0.6) is 0 Å². The molecule has 16 heavy (non-hydrogen) atoms. The molecule has 0 aromatic heterocycles. The Kier molecular flexibility index (Phi) is 3.91. The molecule has 94 valence electrons. The highest BCUT2D eigenvalue weighted by atomic mass is 15.2. The molecule has 0 bridgehead atoms. The molecule has 2 rings (SSSR count). The SMILES string of the molecule is CCC1CCN(C(CC)(CN)C2CC2)CC1. The zero-order valence-electron chi connectivity index (χ0n) is 11.0. The standard InChI is InChI=1S/C14H28N2/c1-3-12-7-9-16(10-8-12)14(4-2,11-15)13-5-6-13/h12-13H,3-11,15H2,1-2H3. The first kappa shape index (κ1) is 12.4. The maximum atomic E-state index is 6.12. The number of piperidine rings is 1. The molecule has 0 aromatic rings. The summed E-state index contributed by atoms with van der Waals surface area (Å²) in [5.41, 5.74) is 6.48. The third kappa shape index (κ3) is 2.14. The van der Waals surface area contributed by atoms with Gasteiger partial charge in [0.25, 0.3) is 0 Å². The minimum atomic E-state index is 0.360. The predicted octanol–water partition coefficient (Wildman–Crippen LogP) is 2.63. The van der Waals surface area contributed by atoms with Gasteiger partial charge >= 0.3 is 0 Å². The Labute approximate surface area is 101 Å². The van der Waals surface area contributed by atoms with Crippen LogP contribution < -0.4 is 5.73 Å². The lowest BCUT2D eigenvalue weighted by Gasteiger charge is -2.47. The van der Waals surface area contributed by atoms with Gasteiger partial charge in [-0.1, -0.05) is 20.3 Å². The van der Waals surface area contributed by atoms with E-state index in [1.807, 2.05) is 0 Å². The summed E-state index contributed by atoms with van der Waals surface area (Å²) in [4.78, 5) is 2.73. The highest BCUT2D eigenvalue weighted by Gasteiger charge is 2.47. The second kappa shape index (κ2) is 5.05. The number of hydrogen-bond donors (Lipinski definition) is 1. The summed E-state index contributed by atoms with van der Waals surface area (Å²) in [6.07, 6.45) is 8.22. The molecule has 2 aliphatic rings. The lowest BCUT2D eigenvalue weighted by atomic mass is 9.84. The van der Waals surface area contributed by atoms with E-state index in [2.05, 4.69) is 18.7 Å². The molecule has 1 saturated heterocycles. The molecule has 0 radical (unpaired) electrons. The van der Waals surface area contributed by atoms with E-state index in [0.717, 1.165) is 18.4 Å². The van der Waals surface area contributed by atoms with Crippen molar-refractivity contribution in [3.8, 4) is 0 Å². The van der Waals surface area contributed by atoms with Crippen LogP contribution in [0.1, 0.15) is 52.4 Å². The van der Waals surface area contributed by atoms with Crippen molar-refractivity contribution in [3.63, 3.8) is 0 Å². The minimum absolute atomic E-state index is 0.360. The summed E-state index contributed by atoms with van der Waals surface area (Å²) >= 11 is 0. The van der Waals surface area contributed by atoms with Crippen molar-refractivity contribution in [2.24, 2.45) is 17.6 Å². The predicted molar refractivity (Wildman–Crippen MR) is 69.4 cm³/mol. The molecule has 2 nitrogen and oxygen atoms in total. The summed E-state index contributed by atoms with van der Waals surface area (Å²) in [7, 11) is 0. The Bertz CT molecular complexity index is 211. The van der Waals surface area contributed by atoms with E-state index in [1.165, 1.54) is 51.6 Å². The third-order valence-electron chi connectivity index (χ3n) is 5.12. The van der Waals surface area contributed by atoms with E-state index >= 15 is 0 Å². The first-order valence-corrected chi connectivity index (χ1v) is 7.22. The van der Waals surface area contributed by atoms with E-state index in [-0.39, 0.29) is 0 Å². The zero-order valence-corrected chi connectivity index (χ0v) is 11.0. The van der Waals surface area contributed by atoms with Crippen LogP contribution >= 0.6 is 0 Å². The number of nitrogens with zero attached hydrogens (tertiary/aromatic N) is 1. The van der Waals surface area contributed by atoms with Gasteiger partial charge in [-0.3, -0.25) is 4.90 Å². The van der Waals surface area contributed by atoms with Gasteiger partial charge in [-0.2, -0.15) is 0 Å². The fourth-order valence-electron chi connectivity index (χ4n) is 3.62. The van der Waals surface area contributed by atoms with Crippen LogP contribution in [0.25, 0.3) is 0 Å². The highest BCUT2D eigenvalue weighted by Crippen LogP contribution is 2.45. The van der Waals surface area contributed by atoms with Crippen molar-refractivity contribution in [2.45, 2.75) is 57.9 Å². The Morgan fingerprint density at radius 1 is 1.12 bits per heavy atom. The van der Waals surface area contributed by atoms with Crippen LogP contribution in [0.15, 0.2) is 0 Å². The van der Waals surface area contributed by atoms with Crippen LogP contribution in [0.3, 0.4) is 0 Å². The quantitative estimate of drug-likeness (QED) is 0.778. The van der Waals surface area contributed by atoms with Gasteiger partial charge in [-0.15, -0.1) is 0 Å². The van der Waals surface area contributed by atoms with Gasteiger partial charge in [0.2, 0.25) is 0 Å². The first-order valence-electron chi connectivity index (χ1n) is 7.22. The Morgan fingerprint density at radius 2 is 1.75 bits per heavy atom. The minimum Gasteiger partial charge on any atom is -0.329 e. The average molecular weight is 224 g/mol. The summed E-state index contributed by atoms with van der Waals surface area (Å²) < 4.78 is 0. The lowest BCUT2D eigenvalue weighted by molar-refractivity contribution is 0.0341. The second-order valence-corrected chi connectivity index (χ2v) is 5.77. The molecule has 1 unspecified atom stereocenters. The van der Waals surface area contributed by atoms with E-state index in [1.54, 1.807) is 0 Å². The molecule has 2 N–H and O–H groups in total. The summed E-state index contributed by atoms with van der Waals surface area (Å²) in [6.45, 7) is 8.11. The van der Waals surface area contributed by atoms with Crippen molar-refractivity contribution in [1.82, 2.24) is 4.90 Å². The normalized spacial score (nSPS) is 27.9. The van der Waals surface area contributed by atoms with E-state index in [0.29, 0.717) is 5.54 Å². The molecule has 1 saturated carbocycles. The second-order valence-electron chi connectivity index (χ2n) is 5.77. The van der Waals surface area contributed by atoms with E-state index in [4.69, 9.17) is 5.73 Å². The van der Waals surface area contributed by atoms with Crippen LogP contribution in [-0.4, -0.2) is 30.1 Å². The third-order valence-corrected chi connectivity index (χ3v) is 5.12. The fourth-order valence-corrected chi connectivity index (χ4v) is 3.62. The van der Waals surface area contributed by atoms with Crippen LogP contribution in [0, 0.1) is 11.8 Å². The first-order chi connectivity index (χ1) is 7.76. The molecular formula is C14H28N2. The summed E-state index contributed by atoms with van der Waals surface area (Å²) in [6, 6.07) is 0. The van der Waals surface area contributed by atoms with Gasteiger partial charge in [-0.05, 0) is 57.0 Å². The van der Waals surface area contributed by atoms with Gasteiger partial charge in [0.05, 0.1) is 0 Å². The molecular weight excluding hydrogens is 196 g/mol. The van der Waals surface area contributed by atoms with Gasteiger partial charge in [0.15, 0.2) is 0 Å². The van der Waals surface area contributed by atoms with Crippen molar-refractivity contribution >= 4 is 0 Å². The Hall–Kier alpha value is -0.0800. The van der Waals surface area contributed by atoms with Crippen LogP contribution in [0.2, 0.25) is 0 Å².